The number of tetrazole rings is 1. The smallest absolute Gasteiger partial charge is 0.195 e. The van der Waals surface area contributed by atoms with Gasteiger partial charge >= 0.3 is 0 Å². The molecule has 0 saturated carbocycles. The molecule has 2 heterocycles. The number of H-pyrrole nitrogens is 1. The molecular formula is C6H10ClN5O2S. The highest BCUT2D eigenvalue weighted by molar-refractivity contribution is 8.11. The summed E-state index contributed by atoms with van der Waals surface area (Å²) in [7, 11) is 1.64. The number of aromatic nitrogens is 4. The molecule has 0 amide bonds. The summed E-state index contributed by atoms with van der Waals surface area (Å²) in [4.78, 5) is 0. The van der Waals surface area contributed by atoms with Gasteiger partial charge < -0.3 is 0 Å². The van der Waals surface area contributed by atoms with Crippen molar-refractivity contribution in [1.29, 1.82) is 0 Å². The molecular weight excluding hydrogens is 242 g/mol. The maximum Gasteiger partial charge on any atom is 0.299 e. The van der Waals surface area contributed by atoms with Gasteiger partial charge in [-0.3, -0.25) is 0 Å². The van der Waals surface area contributed by atoms with E-state index in [2.05, 4.69) is 20.6 Å². The van der Waals surface area contributed by atoms with Crippen LogP contribution in [0.3, 0.4) is 0 Å². The fraction of sp³-hybridized carbons (Fsp3) is 0.833. The van der Waals surface area contributed by atoms with Gasteiger partial charge in [-0.25, -0.2) is 0 Å². The molecule has 1 aliphatic heterocycles. The molecule has 2 rings (SSSR count). The Morgan fingerprint density at radius 2 is 2.33 bits per heavy atom. The van der Waals surface area contributed by atoms with Crippen LogP contribution in [0.4, 0.5) is 0 Å². The molecule has 84 valence electrons. The predicted octanol–water partition coefficient (Wildman–Crippen LogP) is -0.137. The lowest BCUT2D eigenvalue weighted by atomic mass is 9.99. The first-order valence-corrected chi connectivity index (χ1v) is 6.77. The third kappa shape index (κ3) is 2.44. The molecule has 1 aromatic heterocycles. The summed E-state index contributed by atoms with van der Waals surface area (Å²) in [5.74, 6) is 0.519. The van der Waals surface area contributed by atoms with Crippen LogP contribution in [0, 0.1) is 0 Å². The number of aromatic amines is 1. The maximum atomic E-state index is 11.1. The number of rotatable bonds is 2. The van der Waals surface area contributed by atoms with Crippen molar-refractivity contribution in [3.63, 3.8) is 0 Å². The Balaban J connectivity index is 2.12. The van der Waals surface area contributed by atoms with Gasteiger partial charge in [0.15, 0.2) is 5.82 Å². The Morgan fingerprint density at radius 1 is 1.53 bits per heavy atom. The van der Waals surface area contributed by atoms with E-state index in [1.54, 1.807) is 0 Å². The van der Waals surface area contributed by atoms with E-state index in [9.17, 15) is 8.42 Å². The Labute approximate surface area is 91.4 Å². The zero-order chi connectivity index (χ0) is 10.9. The van der Waals surface area contributed by atoms with Gasteiger partial charge in [-0.05, 0) is 12.8 Å². The van der Waals surface area contributed by atoms with Gasteiger partial charge in [0.2, 0.25) is 0 Å². The van der Waals surface area contributed by atoms with E-state index in [1.165, 1.54) is 4.31 Å². The number of nitrogens with zero attached hydrogens (tertiary/aromatic N) is 4. The van der Waals surface area contributed by atoms with Crippen LogP contribution in [0.15, 0.2) is 0 Å². The van der Waals surface area contributed by atoms with Crippen LogP contribution < -0.4 is 0 Å². The van der Waals surface area contributed by atoms with E-state index in [4.69, 9.17) is 10.7 Å². The zero-order valence-electron chi connectivity index (χ0n) is 7.80. The summed E-state index contributed by atoms with van der Waals surface area (Å²) in [6.45, 7) is 0.783. The molecule has 0 aromatic carbocycles. The van der Waals surface area contributed by atoms with Crippen molar-refractivity contribution < 1.29 is 8.42 Å². The first kappa shape index (κ1) is 10.8. The maximum absolute atomic E-state index is 11.1. The number of nitrogens with one attached hydrogen (secondary N) is 1. The summed E-state index contributed by atoms with van der Waals surface area (Å²) in [5, 5.41) is 13.5. The molecule has 0 aliphatic carbocycles. The molecule has 15 heavy (non-hydrogen) atoms. The SMILES string of the molecule is O=S(=O)(Cl)N1CCCC(c2nn[nH]n2)C1. The Bertz CT molecular complexity index is 419. The monoisotopic (exact) mass is 251 g/mol. The Kier molecular flexibility index (Phi) is 2.89. The third-order valence-corrected chi connectivity index (χ3v) is 3.95. The van der Waals surface area contributed by atoms with Crippen molar-refractivity contribution in [2.24, 2.45) is 0 Å². The van der Waals surface area contributed by atoms with Crippen molar-refractivity contribution in [1.82, 2.24) is 24.9 Å². The van der Waals surface area contributed by atoms with Crippen molar-refractivity contribution in [2.45, 2.75) is 18.8 Å². The fourth-order valence-electron chi connectivity index (χ4n) is 1.69. The van der Waals surface area contributed by atoms with E-state index in [-0.39, 0.29) is 5.92 Å². The number of hydrogen-bond donors (Lipinski definition) is 1. The normalized spacial score (nSPS) is 24.2. The molecule has 1 fully saturated rings. The second-order valence-electron chi connectivity index (χ2n) is 3.41. The second-order valence-corrected chi connectivity index (χ2v) is 5.92. The van der Waals surface area contributed by atoms with E-state index >= 15 is 0 Å². The van der Waals surface area contributed by atoms with Crippen LogP contribution >= 0.6 is 10.7 Å². The molecule has 1 unspecified atom stereocenters. The van der Waals surface area contributed by atoms with Gasteiger partial charge in [0.25, 0.3) is 9.24 Å². The van der Waals surface area contributed by atoms with Gasteiger partial charge in [0.1, 0.15) is 0 Å². The highest BCUT2D eigenvalue weighted by Crippen LogP contribution is 2.26. The molecule has 1 saturated heterocycles. The van der Waals surface area contributed by atoms with Crippen LogP contribution in [0.2, 0.25) is 0 Å². The van der Waals surface area contributed by atoms with E-state index in [0.717, 1.165) is 12.8 Å². The first-order chi connectivity index (χ1) is 7.07. The molecule has 7 nitrogen and oxygen atoms in total. The number of halogens is 1. The van der Waals surface area contributed by atoms with Crippen LogP contribution in [-0.4, -0.2) is 46.4 Å². The highest BCUT2D eigenvalue weighted by Gasteiger charge is 2.30. The summed E-state index contributed by atoms with van der Waals surface area (Å²) in [5.41, 5.74) is 0. The molecule has 0 radical (unpaired) electrons. The quantitative estimate of drug-likeness (QED) is 0.739. The van der Waals surface area contributed by atoms with Gasteiger partial charge in [0.05, 0.1) is 0 Å². The van der Waals surface area contributed by atoms with Crippen LogP contribution in [-0.2, 0) is 9.24 Å². The van der Waals surface area contributed by atoms with Gasteiger partial charge in [-0.15, -0.1) is 10.2 Å². The van der Waals surface area contributed by atoms with Crippen LogP contribution in [0.5, 0.6) is 0 Å². The van der Waals surface area contributed by atoms with Crippen LogP contribution in [0.25, 0.3) is 0 Å². The fourth-order valence-corrected chi connectivity index (χ4v) is 2.77. The minimum Gasteiger partial charge on any atom is -0.195 e. The van der Waals surface area contributed by atoms with E-state index in [1.807, 2.05) is 0 Å². The second kappa shape index (κ2) is 4.03. The standard InChI is InChI=1S/C6H10ClN5O2S/c7-15(13,14)12-3-1-2-5(4-12)6-8-10-11-9-6/h5H,1-4H2,(H,8,9,10,11). The summed E-state index contributed by atoms with van der Waals surface area (Å²) < 4.78 is 23.5. The summed E-state index contributed by atoms with van der Waals surface area (Å²) in [6.07, 6.45) is 1.60. The topological polar surface area (TPSA) is 91.8 Å². The lowest BCUT2D eigenvalue weighted by molar-refractivity contribution is 0.314. The highest BCUT2D eigenvalue weighted by atomic mass is 35.7. The zero-order valence-corrected chi connectivity index (χ0v) is 9.37. The van der Waals surface area contributed by atoms with Crippen molar-refractivity contribution in [3.8, 4) is 0 Å². The Hall–Kier alpha value is -0.730. The average Bonchev–Trinajstić information content (AvgIpc) is 2.69. The van der Waals surface area contributed by atoms with Crippen LogP contribution in [0.1, 0.15) is 24.6 Å². The molecule has 1 N–H and O–H groups in total. The lowest BCUT2D eigenvalue weighted by Gasteiger charge is -2.27. The minimum absolute atomic E-state index is 0.0222. The molecule has 1 aliphatic rings. The summed E-state index contributed by atoms with van der Waals surface area (Å²) >= 11 is 0. The van der Waals surface area contributed by atoms with Gasteiger partial charge in [-0.2, -0.15) is 17.9 Å². The van der Waals surface area contributed by atoms with Crippen molar-refractivity contribution >= 4 is 19.9 Å². The molecule has 1 atom stereocenters. The molecule has 0 bridgehead atoms. The van der Waals surface area contributed by atoms with Gasteiger partial charge in [0, 0.05) is 29.7 Å². The van der Waals surface area contributed by atoms with Gasteiger partial charge in [-0.1, -0.05) is 5.21 Å². The number of hydrogen-bond acceptors (Lipinski definition) is 5. The predicted molar refractivity (Wildman–Crippen MR) is 52.5 cm³/mol. The average molecular weight is 252 g/mol. The largest absolute Gasteiger partial charge is 0.299 e. The lowest BCUT2D eigenvalue weighted by Crippen LogP contribution is -2.36. The Morgan fingerprint density at radius 3 is 2.93 bits per heavy atom. The van der Waals surface area contributed by atoms with Crippen molar-refractivity contribution in [3.05, 3.63) is 5.82 Å². The van der Waals surface area contributed by atoms with E-state index < -0.39 is 9.24 Å². The third-order valence-electron chi connectivity index (χ3n) is 2.42. The molecule has 1 aromatic rings. The molecule has 0 spiro atoms. The summed E-state index contributed by atoms with van der Waals surface area (Å²) in [6, 6.07) is 0. The minimum atomic E-state index is -3.63. The van der Waals surface area contributed by atoms with Crippen molar-refractivity contribution in [2.75, 3.05) is 13.1 Å². The number of piperidine rings is 1. The van der Waals surface area contributed by atoms with E-state index in [0.29, 0.717) is 18.9 Å². The first-order valence-electron chi connectivity index (χ1n) is 4.50. The molecule has 9 heteroatoms.